The third kappa shape index (κ3) is 2.94. The number of rotatable bonds is 3. The maximum absolute atomic E-state index is 11.4. The summed E-state index contributed by atoms with van der Waals surface area (Å²) in [5.74, 6) is 0.289. The molecule has 1 aliphatic heterocycles. The minimum atomic E-state index is -0.299. The largest absolute Gasteiger partial charge is 0.369 e. The van der Waals surface area contributed by atoms with Crippen molar-refractivity contribution in [2.75, 3.05) is 18.0 Å². The number of nitrogens with two attached hydrogens (primary N) is 1. The molecule has 9 heteroatoms. The van der Waals surface area contributed by atoms with Crippen LogP contribution in [0.5, 0.6) is 0 Å². The second-order valence-electron chi connectivity index (χ2n) is 4.84. The maximum atomic E-state index is 11.4. The van der Waals surface area contributed by atoms with Gasteiger partial charge in [-0.2, -0.15) is 20.1 Å². The molecule has 2 N–H and O–H groups in total. The molecular formula is C12H14ClN7O. The normalized spacial score (nSPS) is 18.7. The van der Waals surface area contributed by atoms with Crippen molar-refractivity contribution in [1.82, 2.24) is 24.7 Å². The second kappa shape index (κ2) is 5.65. The van der Waals surface area contributed by atoms with E-state index < -0.39 is 0 Å². The number of nitrogens with zero attached hydrogens (tertiary/aromatic N) is 6. The fraction of sp³-hybridized carbons (Fsp3) is 0.417. The molecule has 1 amide bonds. The van der Waals surface area contributed by atoms with Gasteiger partial charge < -0.3 is 10.6 Å². The van der Waals surface area contributed by atoms with Crippen LogP contribution in [0.3, 0.4) is 0 Å². The van der Waals surface area contributed by atoms with Crippen molar-refractivity contribution in [2.45, 2.75) is 12.8 Å². The molecule has 0 saturated carbocycles. The molecule has 3 rings (SSSR count). The first kappa shape index (κ1) is 13.7. The van der Waals surface area contributed by atoms with Crippen molar-refractivity contribution in [3.05, 3.63) is 23.7 Å². The van der Waals surface area contributed by atoms with Crippen LogP contribution >= 0.6 is 11.6 Å². The molecule has 8 nitrogen and oxygen atoms in total. The van der Waals surface area contributed by atoms with Crippen molar-refractivity contribution in [3.63, 3.8) is 0 Å². The van der Waals surface area contributed by atoms with E-state index in [1.165, 1.54) is 4.68 Å². The summed E-state index contributed by atoms with van der Waals surface area (Å²) in [4.78, 5) is 25.8. The van der Waals surface area contributed by atoms with E-state index >= 15 is 0 Å². The molecule has 1 fully saturated rings. The van der Waals surface area contributed by atoms with Crippen LogP contribution in [0.15, 0.2) is 18.5 Å². The molecule has 0 aliphatic carbocycles. The summed E-state index contributed by atoms with van der Waals surface area (Å²) in [5.41, 5.74) is 5.39. The van der Waals surface area contributed by atoms with E-state index in [1.807, 2.05) is 4.90 Å². The molecule has 0 spiro atoms. The Hall–Kier alpha value is -2.22. The number of hydrogen-bond donors (Lipinski definition) is 1. The number of hydrogen-bond acceptors (Lipinski definition) is 6. The molecule has 2 aromatic rings. The Morgan fingerprint density at radius 1 is 1.33 bits per heavy atom. The summed E-state index contributed by atoms with van der Waals surface area (Å²) in [5, 5.41) is 4.16. The van der Waals surface area contributed by atoms with Crippen LogP contribution in [0.4, 0.5) is 5.95 Å². The highest BCUT2D eigenvalue weighted by Gasteiger charge is 2.26. The van der Waals surface area contributed by atoms with Gasteiger partial charge in [-0.15, -0.1) is 0 Å². The Labute approximate surface area is 126 Å². The van der Waals surface area contributed by atoms with Gasteiger partial charge in [-0.3, -0.25) is 4.79 Å². The monoisotopic (exact) mass is 307 g/mol. The highest BCUT2D eigenvalue weighted by Crippen LogP contribution is 2.21. The zero-order valence-corrected chi connectivity index (χ0v) is 11.9. The fourth-order valence-corrected chi connectivity index (χ4v) is 2.50. The first-order valence-electron chi connectivity index (χ1n) is 6.59. The van der Waals surface area contributed by atoms with E-state index in [0.717, 1.165) is 19.4 Å². The molecule has 1 unspecified atom stereocenters. The van der Waals surface area contributed by atoms with Gasteiger partial charge in [0.1, 0.15) is 0 Å². The summed E-state index contributed by atoms with van der Waals surface area (Å²) < 4.78 is 1.51. The quantitative estimate of drug-likeness (QED) is 0.881. The summed E-state index contributed by atoms with van der Waals surface area (Å²) in [6.45, 7) is 1.25. The Morgan fingerprint density at radius 3 is 2.86 bits per heavy atom. The van der Waals surface area contributed by atoms with Crippen molar-refractivity contribution in [1.29, 1.82) is 0 Å². The summed E-state index contributed by atoms with van der Waals surface area (Å²) in [7, 11) is 0. The number of halogens is 1. The lowest BCUT2D eigenvalue weighted by atomic mass is 9.98. The van der Waals surface area contributed by atoms with Gasteiger partial charge in [0, 0.05) is 25.5 Å². The third-order valence-electron chi connectivity index (χ3n) is 3.40. The Kier molecular flexibility index (Phi) is 3.70. The summed E-state index contributed by atoms with van der Waals surface area (Å²) in [6, 6.07) is 1.77. The van der Waals surface area contributed by atoms with Gasteiger partial charge in [-0.05, 0) is 30.5 Å². The Bertz CT molecular complexity index is 645. The molecule has 110 valence electrons. The predicted molar refractivity (Wildman–Crippen MR) is 76.1 cm³/mol. The average molecular weight is 308 g/mol. The van der Waals surface area contributed by atoms with Gasteiger partial charge >= 0.3 is 0 Å². The van der Waals surface area contributed by atoms with E-state index in [-0.39, 0.29) is 17.1 Å². The van der Waals surface area contributed by atoms with Crippen LogP contribution in [0.25, 0.3) is 5.95 Å². The number of piperidine rings is 1. The van der Waals surface area contributed by atoms with Gasteiger partial charge in [0.25, 0.3) is 5.95 Å². The van der Waals surface area contributed by atoms with E-state index in [0.29, 0.717) is 18.4 Å². The molecule has 0 aromatic carbocycles. The fourth-order valence-electron chi connectivity index (χ4n) is 2.35. The zero-order valence-electron chi connectivity index (χ0n) is 11.2. The topological polar surface area (TPSA) is 103 Å². The SMILES string of the molecule is NC(=O)C1CCCN(c2nc(Cl)nc(-n3cccn3)n2)C1. The molecule has 0 radical (unpaired) electrons. The van der Waals surface area contributed by atoms with Crippen molar-refractivity contribution in [3.8, 4) is 5.95 Å². The average Bonchev–Trinajstić information content (AvgIpc) is 3.01. The minimum absolute atomic E-state index is 0.0895. The molecule has 1 atom stereocenters. The molecular weight excluding hydrogens is 294 g/mol. The maximum Gasteiger partial charge on any atom is 0.256 e. The molecule has 3 heterocycles. The lowest BCUT2D eigenvalue weighted by Crippen LogP contribution is -2.42. The first-order valence-corrected chi connectivity index (χ1v) is 6.97. The lowest BCUT2D eigenvalue weighted by Gasteiger charge is -2.31. The number of amides is 1. The predicted octanol–water partition coefficient (Wildman–Crippen LogP) is 0.412. The molecule has 2 aromatic heterocycles. The zero-order chi connectivity index (χ0) is 14.8. The number of primary amides is 1. The van der Waals surface area contributed by atoms with Crippen LogP contribution in [0.2, 0.25) is 5.28 Å². The van der Waals surface area contributed by atoms with Crippen LogP contribution in [0.1, 0.15) is 12.8 Å². The Balaban J connectivity index is 1.90. The highest BCUT2D eigenvalue weighted by molar-refractivity contribution is 6.28. The van der Waals surface area contributed by atoms with Gasteiger partial charge in [0.05, 0.1) is 5.92 Å². The van der Waals surface area contributed by atoms with Crippen LogP contribution in [0, 0.1) is 5.92 Å². The van der Waals surface area contributed by atoms with E-state index in [2.05, 4.69) is 20.1 Å². The second-order valence-corrected chi connectivity index (χ2v) is 5.18. The first-order chi connectivity index (χ1) is 10.1. The van der Waals surface area contributed by atoms with Crippen LogP contribution < -0.4 is 10.6 Å². The Morgan fingerprint density at radius 2 is 2.14 bits per heavy atom. The standard InChI is InChI=1S/C12H14ClN7O/c13-10-16-11(18-12(17-10)20-6-2-4-15-20)19-5-1-3-8(7-19)9(14)21/h2,4,6,8H,1,3,5,7H2,(H2,14,21). The molecule has 1 saturated heterocycles. The number of aromatic nitrogens is 5. The third-order valence-corrected chi connectivity index (χ3v) is 3.57. The van der Waals surface area contributed by atoms with Crippen molar-refractivity contribution >= 4 is 23.5 Å². The molecule has 1 aliphatic rings. The van der Waals surface area contributed by atoms with Gasteiger partial charge in [-0.1, -0.05) is 0 Å². The molecule has 0 bridgehead atoms. The van der Waals surface area contributed by atoms with Crippen molar-refractivity contribution < 1.29 is 4.79 Å². The number of anilines is 1. The van der Waals surface area contributed by atoms with Crippen molar-refractivity contribution in [2.24, 2.45) is 11.7 Å². The smallest absolute Gasteiger partial charge is 0.256 e. The number of carbonyl (C=O) groups excluding carboxylic acids is 1. The van der Waals surface area contributed by atoms with E-state index in [9.17, 15) is 4.79 Å². The number of carbonyl (C=O) groups is 1. The van der Waals surface area contributed by atoms with Gasteiger partial charge in [0.15, 0.2) is 0 Å². The lowest BCUT2D eigenvalue weighted by molar-refractivity contribution is -0.122. The summed E-state index contributed by atoms with van der Waals surface area (Å²) in [6.07, 6.45) is 4.99. The van der Waals surface area contributed by atoms with Gasteiger partial charge in [-0.25, -0.2) is 4.68 Å². The van der Waals surface area contributed by atoms with Crippen LogP contribution in [-0.2, 0) is 4.79 Å². The van der Waals surface area contributed by atoms with Crippen LogP contribution in [-0.4, -0.2) is 43.7 Å². The summed E-state index contributed by atoms with van der Waals surface area (Å²) >= 11 is 5.96. The minimum Gasteiger partial charge on any atom is -0.369 e. The van der Waals surface area contributed by atoms with Gasteiger partial charge in [0.2, 0.25) is 17.1 Å². The van der Waals surface area contributed by atoms with E-state index in [1.54, 1.807) is 18.5 Å². The molecule has 21 heavy (non-hydrogen) atoms. The highest BCUT2D eigenvalue weighted by atomic mass is 35.5. The van der Waals surface area contributed by atoms with E-state index in [4.69, 9.17) is 17.3 Å².